The average Bonchev–Trinajstić information content (AvgIpc) is 2.67. The van der Waals surface area contributed by atoms with Gasteiger partial charge >= 0.3 is 12.0 Å². The lowest BCUT2D eigenvalue weighted by molar-refractivity contribution is -0.127. The van der Waals surface area contributed by atoms with Crippen LogP contribution >= 0.6 is 0 Å². The summed E-state index contributed by atoms with van der Waals surface area (Å²) in [6, 6.07) is 17.2. The molecule has 0 saturated heterocycles. The number of nitrogens with one attached hydrogen (secondary N) is 1. The molecule has 1 heterocycles. The standard InChI is InChI=1S/C20H17N3O4/c1-12(18(24)23-20(21)26)27-19(25)15-11-17(13-7-3-2-4-8-13)22-16-10-6-5-9-14(15)16/h2-12H,1H3,(H3,21,23,24,26). The van der Waals surface area contributed by atoms with E-state index in [1.807, 2.05) is 41.7 Å². The largest absolute Gasteiger partial charge is 0.449 e. The molecule has 0 aliphatic rings. The number of hydrogen-bond donors (Lipinski definition) is 2. The molecule has 27 heavy (non-hydrogen) atoms. The van der Waals surface area contributed by atoms with Crippen LogP contribution in [-0.2, 0) is 9.53 Å². The number of primary amides is 1. The number of rotatable bonds is 4. The molecule has 3 rings (SSSR count). The number of esters is 1. The molecule has 7 heteroatoms. The van der Waals surface area contributed by atoms with Crippen LogP contribution in [0.15, 0.2) is 60.7 Å². The molecule has 0 aliphatic heterocycles. The van der Waals surface area contributed by atoms with Gasteiger partial charge in [0, 0.05) is 10.9 Å². The van der Waals surface area contributed by atoms with E-state index < -0.39 is 24.0 Å². The molecule has 1 aromatic heterocycles. The first-order valence-electron chi connectivity index (χ1n) is 8.22. The van der Waals surface area contributed by atoms with Crippen LogP contribution in [0.5, 0.6) is 0 Å². The number of carbonyl (C=O) groups excluding carboxylic acids is 3. The maximum absolute atomic E-state index is 12.7. The van der Waals surface area contributed by atoms with Gasteiger partial charge in [-0.2, -0.15) is 0 Å². The fourth-order valence-electron chi connectivity index (χ4n) is 2.60. The lowest BCUT2D eigenvalue weighted by Gasteiger charge is -2.14. The topological polar surface area (TPSA) is 111 Å². The molecule has 0 fully saturated rings. The maximum atomic E-state index is 12.7. The molecule has 0 aliphatic carbocycles. The first kappa shape index (κ1) is 18.1. The minimum Gasteiger partial charge on any atom is -0.449 e. The molecule has 1 atom stereocenters. The van der Waals surface area contributed by atoms with Gasteiger partial charge in [-0.25, -0.2) is 14.6 Å². The number of para-hydroxylation sites is 1. The third kappa shape index (κ3) is 4.09. The average molecular weight is 363 g/mol. The molecule has 1 unspecified atom stereocenters. The van der Waals surface area contributed by atoms with Crippen LogP contribution in [0.1, 0.15) is 17.3 Å². The van der Waals surface area contributed by atoms with Crippen molar-refractivity contribution in [3.05, 3.63) is 66.2 Å². The van der Waals surface area contributed by atoms with Crippen molar-refractivity contribution in [3.8, 4) is 11.3 Å². The maximum Gasteiger partial charge on any atom is 0.339 e. The van der Waals surface area contributed by atoms with E-state index in [4.69, 9.17) is 10.5 Å². The Balaban J connectivity index is 1.98. The van der Waals surface area contributed by atoms with E-state index >= 15 is 0 Å². The second kappa shape index (κ2) is 7.65. The van der Waals surface area contributed by atoms with Gasteiger partial charge in [-0.15, -0.1) is 0 Å². The summed E-state index contributed by atoms with van der Waals surface area (Å²) in [5.41, 5.74) is 7.26. The molecule has 3 amide bonds. The van der Waals surface area contributed by atoms with Gasteiger partial charge in [0.2, 0.25) is 0 Å². The van der Waals surface area contributed by atoms with Crippen molar-refractivity contribution in [2.45, 2.75) is 13.0 Å². The van der Waals surface area contributed by atoms with Crippen LogP contribution in [-0.4, -0.2) is 29.0 Å². The Morgan fingerprint density at radius 1 is 1.04 bits per heavy atom. The number of hydrogen-bond acceptors (Lipinski definition) is 5. The Hall–Kier alpha value is -3.74. The predicted octanol–water partition coefficient (Wildman–Crippen LogP) is 2.64. The van der Waals surface area contributed by atoms with Gasteiger partial charge in [-0.3, -0.25) is 10.1 Å². The molecule has 7 nitrogen and oxygen atoms in total. The second-order valence-electron chi connectivity index (χ2n) is 5.84. The van der Waals surface area contributed by atoms with Gasteiger partial charge in [0.15, 0.2) is 6.10 Å². The molecular formula is C20H17N3O4. The van der Waals surface area contributed by atoms with E-state index in [9.17, 15) is 14.4 Å². The third-order valence-corrected chi connectivity index (χ3v) is 3.91. The smallest absolute Gasteiger partial charge is 0.339 e. The van der Waals surface area contributed by atoms with Crippen LogP contribution in [0.3, 0.4) is 0 Å². The molecule has 3 aromatic rings. The van der Waals surface area contributed by atoms with Crippen molar-refractivity contribution in [3.63, 3.8) is 0 Å². The summed E-state index contributed by atoms with van der Waals surface area (Å²) >= 11 is 0. The Bertz CT molecular complexity index is 1020. The van der Waals surface area contributed by atoms with Crippen LogP contribution < -0.4 is 11.1 Å². The van der Waals surface area contributed by atoms with Gasteiger partial charge in [0.1, 0.15) is 0 Å². The first-order chi connectivity index (χ1) is 13.0. The summed E-state index contributed by atoms with van der Waals surface area (Å²) in [5.74, 6) is -1.49. The Kier molecular flexibility index (Phi) is 5.12. The van der Waals surface area contributed by atoms with E-state index in [2.05, 4.69) is 4.98 Å². The number of benzene rings is 2. The third-order valence-electron chi connectivity index (χ3n) is 3.91. The highest BCUT2D eigenvalue weighted by Gasteiger charge is 2.22. The number of amides is 3. The van der Waals surface area contributed by atoms with Gasteiger partial charge in [0.05, 0.1) is 16.8 Å². The zero-order valence-electron chi connectivity index (χ0n) is 14.5. The zero-order valence-corrected chi connectivity index (χ0v) is 14.5. The van der Waals surface area contributed by atoms with Crippen molar-refractivity contribution in [1.82, 2.24) is 10.3 Å². The number of fused-ring (bicyclic) bond motifs is 1. The molecule has 2 aromatic carbocycles. The molecule has 0 saturated carbocycles. The predicted molar refractivity (Wildman–Crippen MR) is 99.8 cm³/mol. The van der Waals surface area contributed by atoms with E-state index in [1.165, 1.54) is 6.92 Å². The molecule has 3 N–H and O–H groups in total. The minimum absolute atomic E-state index is 0.276. The second-order valence-corrected chi connectivity index (χ2v) is 5.84. The zero-order chi connectivity index (χ0) is 19.4. The van der Waals surface area contributed by atoms with Crippen molar-refractivity contribution in [2.75, 3.05) is 0 Å². The highest BCUT2D eigenvalue weighted by molar-refractivity contribution is 6.05. The first-order valence-corrected chi connectivity index (χ1v) is 8.22. The Labute approximate surface area is 155 Å². The van der Waals surface area contributed by atoms with E-state index in [1.54, 1.807) is 24.3 Å². The highest BCUT2D eigenvalue weighted by Crippen LogP contribution is 2.25. The summed E-state index contributed by atoms with van der Waals surface area (Å²) in [4.78, 5) is 39.8. The van der Waals surface area contributed by atoms with Gasteiger partial charge in [-0.1, -0.05) is 48.5 Å². The Morgan fingerprint density at radius 3 is 2.41 bits per heavy atom. The Morgan fingerprint density at radius 2 is 1.70 bits per heavy atom. The van der Waals surface area contributed by atoms with Crippen molar-refractivity contribution in [1.29, 1.82) is 0 Å². The number of urea groups is 1. The number of ether oxygens (including phenoxy) is 1. The van der Waals surface area contributed by atoms with Crippen LogP contribution in [0, 0.1) is 0 Å². The van der Waals surface area contributed by atoms with Crippen molar-refractivity contribution < 1.29 is 19.1 Å². The lowest BCUT2D eigenvalue weighted by atomic mass is 10.0. The molecule has 0 radical (unpaired) electrons. The number of imide groups is 1. The quantitative estimate of drug-likeness (QED) is 0.692. The van der Waals surface area contributed by atoms with Gasteiger partial charge < -0.3 is 10.5 Å². The minimum atomic E-state index is -1.18. The van der Waals surface area contributed by atoms with E-state index in [0.717, 1.165) is 5.56 Å². The normalized spacial score (nSPS) is 11.6. The van der Waals surface area contributed by atoms with Gasteiger partial charge in [0.25, 0.3) is 5.91 Å². The SMILES string of the molecule is CC(OC(=O)c1cc(-c2ccccc2)nc2ccccc12)C(=O)NC(N)=O. The summed E-state index contributed by atoms with van der Waals surface area (Å²) in [7, 11) is 0. The monoisotopic (exact) mass is 363 g/mol. The van der Waals surface area contributed by atoms with Crippen molar-refractivity contribution in [2.24, 2.45) is 5.73 Å². The van der Waals surface area contributed by atoms with E-state index in [0.29, 0.717) is 16.6 Å². The summed E-state index contributed by atoms with van der Waals surface area (Å²) in [5, 5.41) is 2.49. The summed E-state index contributed by atoms with van der Waals surface area (Å²) in [6.07, 6.45) is -1.18. The lowest BCUT2D eigenvalue weighted by Crippen LogP contribution is -2.42. The van der Waals surface area contributed by atoms with Crippen LogP contribution in [0.4, 0.5) is 4.79 Å². The number of aromatic nitrogens is 1. The molecular weight excluding hydrogens is 346 g/mol. The number of nitrogens with zero attached hydrogens (tertiary/aromatic N) is 1. The van der Waals surface area contributed by atoms with Crippen molar-refractivity contribution >= 4 is 28.8 Å². The number of carbonyl (C=O) groups is 3. The summed E-state index contributed by atoms with van der Waals surface area (Å²) in [6.45, 7) is 1.36. The fraction of sp³-hybridized carbons (Fsp3) is 0.100. The molecule has 0 spiro atoms. The van der Waals surface area contributed by atoms with Crippen LogP contribution in [0.25, 0.3) is 22.2 Å². The van der Waals surface area contributed by atoms with Crippen LogP contribution in [0.2, 0.25) is 0 Å². The molecule has 0 bridgehead atoms. The summed E-state index contributed by atoms with van der Waals surface area (Å²) < 4.78 is 5.21. The number of nitrogens with two attached hydrogens (primary N) is 1. The molecule has 136 valence electrons. The fourth-order valence-corrected chi connectivity index (χ4v) is 2.60. The van der Waals surface area contributed by atoms with E-state index in [-0.39, 0.29) is 5.56 Å². The van der Waals surface area contributed by atoms with Gasteiger partial charge in [-0.05, 0) is 19.1 Å². The highest BCUT2D eigenvalue weighted by atomic mass is 16.5. The number of pyridine rings is 1.